The van der Waals surface area contributed by atoms with E-state index in [0.717, 1.165) is 78.4 Å². The molecule has 2 aromatic heterocycles. The molecule has 2 aliphatic rings. The van der Waals surface area contributed by atoms with Gasteiger partial charge in [-0.05, 0) is 177 Å². The van der Waals surface area contributed by atoms with Gasteiger partial charge >= 0.3 is 0 Å². The molecule has 0 fully saturated rings. The molecule has 15 aromatic rings. The number of hydrogen-bond donors (Lipinski definition) is 0. The van der Waals surface area contributed by atoms with E-state index in [1.54, 1.807) is 0 Å². The number of aryl methyl sites for hydroxylation is 2. The molecule has 2 aliphatic heterocycles. The summed E-state index contributed by atoms with van der Waals surface area (Å²) in [6.07, 6.45) is 0. The van der Waals surface area contributed by atoms with E-state index in [2.05, 4.69) is 301 Å². The minimum absolute atomic E-state index is 0.0000311. The number of rotatable bonds is 10. The number of para-hydroxylation sites is 4. The number of benzene rings is 13. The van der Waals surface area contributed by atoms with Crippen LogP contribution in [0, 0.1) is 13.8 Å². The van der Waals surface area contributed by atoms with E-state index in [0.29, 0.717) is 17.5 Å². The Morgan fingerprint density at radius 2 is 0.678 bits per heavy atom. The van der Waals surface area contributed by atoms with Crippen LogP contribution >= 0.6 is 0 Å². The summed E-state index contributed by atoms with van der Waals surface area (Å²) in [6, 6.07) is 112. The van der Waals surface area contributed by atoms with E-state index in [4.69, 9.17) is 15.0 Å². The summed E-state index contributed by atoms with van der Waals surface area (Å²) in [7, 11) is 0. The Hall–Kier alpha value is -11.7. The Bertz CT molecular complexity index is 5020. The van der Waals surface area contributed by atoms with Crippen LogP contribution in [0.2, 0.25) is 0 Å². The van der Waals surface area contributed by atoms with Gasteiger partial charge in [-0.15, -0.1) is 0 Å². The molecule has 0 amide bonds. The van der Waals surface area contributed by atoms with Crippen LogP contribution in [0.5, 0.6) is 0 Å². The lowest BCUT2D eigenvalue weighted by molar-refractivity contribution is 1.07. The topological polar surface area (TPSA) is 50.1 Å². The first-order chi connectivity index (χ1) is 44.5. The summed E-state index contributed by atoms with van der Waals surface area (Å²) < 4.78 is 2.48. The molecule has 4 heterocycles. The third-order valence-corrected chi connectivity index (χ3v) is 18.3. The van der Waals surface area contributed by atoms with Gasteiger partial charge in [0.25, 0.3) is 6.71 Å². The molecule has 13 aromatic carbocycles. The maximum Gasteiger partial charge on any atom is 0.252 e. The third kappa shape index (κ3) is 8.84. The maximum absolute atomic E-state index is 5.31. The summed E-state index contributed by atoms with van der Waals surface area (Å²) in [4.78, 5) is 20.7. The van der Waals surface area contributed by atoms with Gasteiger partial charge in [0.05, 0.1) is 16.7 Å². The minimum Gasteiger partial charge on any atom is -0.311 e. The lowest BCUT2D eigenvalue weighted by atomic mass is 9.33. The molecule has 0 unspecified atom stereocenters. The molecular weight excluding hydrogens is 1090 g/mol. The van der Waals surface area contributed by atoms with Gasteiger partial charge < -0.3 is 14.4 Å². The monoisotopic (exact) mass is 1150 g/mol. The normalized spacial score (nSPS) is 12.3. The second kappa shape index (κ2) is 21.6. The highest BCUT2D eigenvalue weighted by Crippen LogP contribution is 2.48. The third-order valence-electron chi connectivity index (χ3n) is 18.3. The van der Waals surface area contributed by atoms with E-state index >= 15 is 0 Å². The van der Waals surface area contributed by atoms with Crippen LogP contribution in [0.15, 0.2) is 309 Å². The average Bonchev–Trinajstić information content (AvgIpc) is 0.831. The molecule has 0 radical (unpaired) electrons. The number of aromatic nitrogens is 4. The van der Waals surface area contributed by atoms with Crippen LogP contribution in [0.1, 0.15) is 11.1 Å². The van der Waals surface area contributed by atoms with Gasteiger partial charge in [0.1, 0.15) is 0 Å². The second-order valence-corrected chi connectivity index (χ2v) is 23.6. The van der Waals surface area contributed by atoms with E-state index in [-0.39, 0.29) is 6.71 Å². The largest absolute Gasteiger partial charge is 0.311 e. The highest BCUT2D eigenvalue weighted by Gasteiger charge is 2.43. The zero-order valence-electron chi connectivity index (χ0n) is 49.7. The SMILES string of the molecule is Cc1ccccc1-c1ccc2c(c1)c1cc(-c3ccccc3C)ccc1n2-c1ccc(-c2nc(-c3ccccc3)nc(-c3ccccc3)n2)cc1-c1cccc(-c2cc3c4c(c2)N(c2ccccc2)c2ccccc2B4c2ccccc2N3c2ccccc2)c1. The van der Waals surface area contributed by atoms with Gasteiger partial charge in [0.2, 0.25) is 0 Å². The quantitative estimate of drug-likeness (QED) is 0.128. The Kier molecular flexibility index (Phi) is 12.7. The van der Waals surface area contributed by atoms with Crippen LogP contribution in [0.3, 0.4) is 0 Å². The Morgan fingerprint density at radius 1 is 0.267 bits per heavy atom. The van der Waals surface area contributed by atoms with Crippen molar-refractivity contribution in [1.29, 1.82) is 0 Å². The van der Waals surface area contributed by atoms with Crippen molar-refractivity contribution < 1.29 is 0 Å². The zero-order chi connectivity index (χ0) is 59.8. The van der Waals surface area contributed by atoms with Gasteiger partial charge in [0.15, 0.2) is 17.5 Å². The molecule has 0 bridgehead atoms. The van der Waals surface area contributed by atoms with Crippen LogP contribution in [-0.4, -0.2) is 26.2 Å². The molecule has 0 saturated heterocycles. The van der Waals surface area contributed by atoms with Gasteiger partial charge in [-0.1, -0.05) is 212 Å². The standard InChI is InChI=1S/C83H57BN6/c1-54-24-15-17-36-66(54)60-42-45-74-69(49-60)70-50-61(67-37-18-16-25-55(67)2)43-46-75(70)90(74)73-47-44-62(83-86-81(56-26-7-3-8-27-56)85-82(87-83)57-28-9-4-10-29-57)51-68(73)59-31-23-30-58(48-59)63-52-78-80-79(53-63)89(65-34-13-6-14-35-65)77-41-22-20-39-72(77)84(80)71-38-19-21-40-76(71)88(78)64-32-11-5-12-33-64/h3-53H,1-2H3. The Morgan fingerprint density at radius 3 is 1.19 bits per heavy atom. The summed E-state index contributed by atoms with van der Waals surface area (Å²) in [5, 5.41) is 2.36. The number of fused-ring (bicyclic) bond motifs is 7. The number of nitrogens with zero attached hydrogens (tertiary/aromatic N) is 6. The Balaban J connectivity index is 0.923. The first-order valence-corrected chi connectivity index (χ1v) is 30.9. The van der Waals surface area contributed by atoms with Crippen molar-refractivity contribution in [3.05, 3.63) is 321 Å². The van der Waals surface area contributed by atoms with Crippen molar-refractivity contribution in [2.45, 2.75) is 13.8 Å². The van der Waals surface area contributed by atoms with E-state index < -0.39 is 0 Å². The first kappa shape index (κ1) is 52.6. The maximum atomic E-state index is 5.31. The van der Waals surface area contributed by atoms with Gasteiger partial charge in [0, 0.05) is 67.2 Å². The number of hydrogen-bond acceptors (Lipinski definition) is 5. The summed E-state index contributed by atoms with van der Waals surface area (Å²) in [5.41, 5.74) is 28.2. The molecule has 422 valence electrons. The van der Waals surface area contributed by atoms with Gasteiger partial charge in [-0.2, -0.15) is 0 Å². The van der Waals surface area contributed by atoms with Crippen molar-refractivity contribution in [3.63, 3.8) is 0 Å². The highest BCUT2D eigenvalue weighted by atomic mass is 15.2. The minimum atomic E-state index is 0.0000311. The lowest BCUT2D eigenvalue weighted by Gasteiger charge is -2.44. The van der Waals surface area contributed by atoms with Crippen molar-refractivity contribution in [1.82, 2.24) is 19.5 Å². The van der Waals surface area contributed by atoms with Crippen LogP contribution < -0.4 is 26.2 Å². The average molecular weight is 1150 g/mol. The van der Waals surface area contributed by atoms with Gasteiger partial charge in [-0.3, -0.25) is 0 Å². The smallest absolute Gasteiger partial charge is 0.252 e. The molecule has 17 rings (SSSR count). The molecule has 7 heteroatoms. The molecule has 0 aliphatic carbocycles. The van der Waals surface area contributed by atoms with Crippen LogP contribution in [-0.2, 0) is 0 Å². The van der Waals surface area contributed by atoms with Gasteiger partial charge in [-0.25, -0.2) is 15.0 Å². The van der Waals surface area contributed by atoms with Crippen molar-refractivity contribution in [2.24, 2.45) is 0 Å². The fourth-order valence-corrected chi connectivity index (χ4v) is 14.1. The second-order valence-electron chi connectivity index (χ2n) is 23.6. The molecule has 0 N–H and O–H groups in total. The predicted molar refractivity (Wildman–Crippen MR) is 376 cm³/mol. The molecule has 90 heavy (non-hydrogen) atoms. The molecule has 0 atom stereocenters. The van der Waals surface area contributed by atoms with Crippen molar-refractivity contribution >= 4 is 79.0 Å². The highest BCUT2D eigenvalue weighted by molar-refractivity contribution is 7.00. The summed E-state index contributed by atoms with van der Waals surface area (Å²) in [5.74, 6) is 1.81. The zero-order valence-corrected chi connectivity index (χ0v) is 49.7. The molecule has 0 spiro atoms. The molecule has 0 saturated carbocycles. The Labute approximate surface area is 524 Å². The first-order valence-electron chi connectivity index (χ1n) is 30.9. The fourth-order valence-electron chi connectivity index (χ4n) is 14.1. The molecule has 6 nitrogen and oxygen atoms in total. The fraction of sp³-hybridized carbons (Fsp3) is 0.0241. The van der Waals surface area contributed by atoms with E-state index in [1.807, 2.05) is 36.4 Å². The van der Waals surface area contributed by atoms with Crippen LogP contribution in [0.25, 0.3) is 106 Å². The van der Waals surface area contributed by atoms with Crippen molar-refractivity contribution in [2.75, 3.05) is 9.80 Å². The summed E-state index contributed by atoms with van der Waals surface area (Å²) >= 11 is 0. The summed E-state index contributed by atoms with van der Waals surface area (Å²) in [6.45, 7) is 4.40. The molecular formula is C83H57BN6. The van der Waals surface area contributed by atoms with Crippen LogP contribution in [0.4, 0.5) is 34.1 Å². The number of anilines is 6. The van der Waals surface area contributed by atoms with E-state index in [1.165, 1.54) is 71.9 Å². The van der Waals surface area contributed by atoms with Crippen molar-refractivity contribution in [3.8, 4) is 84.4 Å². The predicted octanol–water partition coefficient (Wildman–Crippen LogP) is 19.3. The van der Waals surface area contributed by atoms with E-state index in [9.17, 15) is 0 Å². The lowest BCUT2D eigenvalue weighted by Crippen LogP contribution is -2.61.